The first-order valence-corrected chi connectivity index (χ1v) is 6.28. The van der Waals surface area contributed by atoms with Gasteiger partial charge in [0.25, 0.3) is 0 Å². The quantitative estimate of drug-likeness (QED) is 0.727. The van der Waals surface area contributed by atoms with E-state index in [9.17, 15) is 0 Å². The minimum Gasteiger partial charge on any atom is -0.265 e. The van der Waals surface area contributed by atoms with E-state index in [1.54, 1.807) is 24.7 Å². The van der Waals surface area contributed by atoms with Crippen LogP contribution in [0.3, 0.4) is 0 Å². The fourth-order valence-electron chi connectivity index (χ4n) is 2.14. The van der Waals surface area contributed by atoms with Gasteiger partial charge >= 0.3 is 0 Å². The molecule has 0 bridgehead atoms. The van der Waals surface area contributed by atoms with Crippen molar-refractivity contribution >= 4 is 0 Å². The second kappa shape index (κ2) is 5.37. The summed E-state index contributed by atoms with van der Waals surface area (Å²) in [6.45, 7) is 0.639. The van der Waals surface area contributed by atoms with Crippen LogP contribution in [0.2, 0.25) is 0 Å². The van der Waals surface area contributed by atoms with Crippen LogP contribution in [-0.2, 0) is 6.54 Å². The van der Waals surface area contributed by atoms with Gasteiger partial charge in [-0.15, -0.1) is 0 Å². The fraction of sp³-hybridized carbons (Fsp3) is 0.0625. The molecule has 0 amide bonds. The standard InChI is InChI=1S/C16H12N4/c17-11-13-2-1-3-14(10-13)12-20-16(6-9-19-20)15-4-7-18-8-5-15/h1-10H,12H2. The minimum atomic E-state index is 0.639. The van der Waals surface area contributed by atoms with E-state index in [2.05, 4.69) is 16.2 Å². The lowest BCUT2D eigenvalue weighted by atomic mass is 10.1. The highest BCUT2D eigenvalue weighted by atomic mass is 15.3. The van der Waals surface area contributed by atoms with Crippen molar-refractivity contribution in [3.05, 3.63) is 72.2 Å². The summed E-state index contributed by atoms with van der Waals surface area (Å²) >= 11 is 0. The van der Waals surface area contributed by atoms with Gasteiger partial charge in [0, 0.05) is 24.2 Å². The van der Waals surface area contributed by atoms with Crippen molar-refractivity contribution in [3.63, 3.8) is 0 Å². The van der Waals surface area contributed by atoms with Gasteiger partial charge in [-0.2, -0.15) is 10.4 Å². The van der Waals surface area contributed by atoms with Gasteiger partial charge in [-0.25, -0.2) is 0 Å². The van der Waals surface area contributed by atoms with Crippen LogP contribution >= 0.6 is 0 Å². The van der Waals surface area contributed by atoms with Crippen LogP contribution in [0.5, 0.6) is 0 Å². The van der Waals surface area contributed by atoms with Crippen LogP contribution in [0.15, 0.2) is 61.1 Å². The first-order valence-electron chi connectivity index (χ1n) is 6.28. The van der Waals surface area contributed by atoms with Crippen molar-refractivity contribution < 1.29 is 0 Å². The molecule has 2 aromatic heterocycles. The summed E-state index contributed by atoms with van der Waals surface area (Å²) in [7, 11) is 0. The van der Waals surface area contributed by atoms with Crippen LogP contribution in [0, 0.1) is 11.3 Å². The summed E-state index contributed by atoms with van der Waals surface area (Å²) in [6, 6.07) is 15.6. The molecule has 3 rings (SSSR count). The average Bonchev–Trinajstić information content (AvgIpc) is 2.96. The Morgan fingerprint density at radius 1 is 1.05 bits per heavy atom. The van der Waals surface area contributed by atoms with Gasteiger partial charge in [0.2, 0.25) is 0 Å². The number of hydrogen-bond donors (Lipinski definition) is 0. The molecule has 4 nitrogen and oxygen atoms in total. The molecular formula is C16H12N4. The van der Waals surface area contributed by atoms with Crippen LogP contribution < -0.4 is 0 Å². The zero-order valence-electron chi connectivity index (χ0n) is 10.8. The van der Waals surface area contributed by atoms with E-state index in [4.69, 9.17) is 5.26 Å². The molecule has 0 fully saturated rings. The monoisotopic (exact) mass is 260 g/mol. The third kappa shape index (κ3) is 2.43. The van der Waals surface area contributed by atoms with Crippen molar-refractivity contribution in [2.75, 3.05) is 0 Å². The number of pyridine rings is 1. The van der Waals surface area contributed by atoms with Crippen molar-refractivity contribution in [3.8, 4) is 17.3 Å². The molecule has 4 heteroatoms. The van der Waals surface area contributed by atoms with Gasteiger partial charge < -0.3 is 0 Å². The first-order chi connectivity index (χ1) is 9.86. The molecule has 0 unspecified atom stereocenters. The summed E-state index contributed by atoms with van der Waals surface area (Å²) in [6.07, 6.45) is 5.32. The number of nitriles is 1. The average molecular weight is 260 g/mol. The van der Waals surface area contributed by atoms with Crippen LogP contribution in [0.4, 0.5) is 0 Å². The van der Waals surface area contributed by atoms with E-state index in [-0.39, 0.29) is 0 Å². The number of rotatable bonds is 3. The van der Waals surface area contributed by atoms with Crippen molar-refractivity contribution in [2.24, 2.45) is 0 Å². The molecule has 0 aliphatic heterocycles. The number of benzene rings is 1. The molecule has 0 radical (unpaired) electrons. The Kier molecular flexibility index (Phi) is 3.25. The highest BCUT2D eigenvalue weighted by molar-refractivity contribution is 5.58. The summed E-state index contributed by atoms with van der Waals surface area (Å²) < 4.78 is 1.92. The molecule has 3 aromatic rings. The Balaban J connectivity index is 1.93. The van der Waals surface area contributed by atoms with E-state index in [1.165, 1.54) is 0 Å². The molecule has 96 valence electrons. The van der Waals surface area contributed by atoms with Crippen molar-refractivity contribution in [1.29, 1.82) is 5.26 Å². The second-order valence-electron chi connectivity index (χ2n) is 4.42. The van der Waals surface area contributed by atoms with Crippen molar-refractivity contribution in [2.45, 2.75) is 6.54 Å². The third-order valence-corrected chi connectivity index (χ3v) is 3.08. The third-order valence-electron chi connectivity index (χ3n) is 3.08. The maximum Gasteiger partial charge on any atom is 0.0991 e. The predicted octanol–water partition coefficient (Wildman–Crippen LogP) is 2.87. The summed E-state index contributed by atoms with van der Waals surface area (Å²) in [4.78, 5) is 4.03. The zero-order valence-corrected chi connectivity index (χ0v) is 10.8. The normalized spacial score (nSPS) is 10.2. The fourth-order valence-corrected chi connectivity index (χ4v) is 2.14. The Bertz CT molecular complexity index is 753. The van der Waals surface area contributed by atoms with E-state index in [0.717, 1.165) is 16.8 Å². The lowest BCUT2D eigenvalue weighted by molar-refractivity contribution is 0.694. The maximum atomic E-state index is 8.94. The number of aromatic nitrogens is 3. The summed E-state index contributed by atoms with van der Waals surface area (Å²) in [5, 5.41) is 13.3. The first kappa shape index (κ1) is 12.1. The van der Waals surface area contributed by atoms with E-state index < -0.39 is 0 Å². The highest BCUT2D eigenvalue weighted by Gasteiger charge is 2.06. The van der Waals surface area contributed by atoms with Crippen LogP contribution in [0.25, 0.3) is 11.3 Å². The number of nitrogens with zero attached hydrogens (tertiary/aromatic N) is 4. The second-order valence-corrected chi connectivity index (χ2v) is 4.42. The minimum absolute atomic E-state index is 0.639. The van der Waals surface area contributed by atoms with Gasteiger partial charge in [-0.3, -0.25) is 9.67 Å². The van der Waals surface area contributed by atoms with Crippen LogP contribution in [-0.4, -0.2) is 14.8 Å². The van der Waals surface area contributed by atoms with Gasteiger partial charge in [0.1, 0.15) is 0 Å². The van der Waals surface area contributed by atoms with E-state index >= 15 is 0 Å². The molecule has 1 aromatic carbocycles. The molecule has 2 heterocycles. The molecule has 0 saturated carbocycles. The van der Waals surface area contributed by atoms with Gasteiger partial charge in [-0.05, 0) is 35.9 Å². The molecule has 0 aliphatic rings. The van der Waals surface area contributed by atoms with Gasteiger partial charge in [0.15, 0.2) is 0 Å². The molecule has 20 heavy (non-hydrogen) atoms. The molecule has 0 atom stereocenters. The highest BCUT2D eigenvalue weighted by Crippen LogP contribution is 2.19. The van der Waals surface area contributed by atoms with Crippen LogP contribution in [0.1, 0.15) is 11.1 Å². The zero-order chi connectivity index (χ0) is 13.8. The molecule has 0 N–H and O–H groups in total. The van der Waals surface area contributed by atoms with Gasteiger partial charge in [0.05, 0.1) is 23.9 Å². The van der Waals surface area contributed by atoms with E-state index in [1.807, 2.05) is 41.1 Å². The molecule has 0 saturated heterocycles. The molecule has 0 spiro atoms. The lowest BCUT2D eigenvalue weighted by Crippen LogP contribution is -2.03. The lowest BCUT2D eigenvalue weighted by Gasteiger charge is -2.08. The topological polar surface area (TPSA) is 54.5 Å². The Hall–Kier alpha value is -2.93. The Labute approximate surface area is 116 Å². The molecular weight excluding hydrogens is 248 g/mol. The number of hydrogen-bond acceptors (Lipinski definition) is 3. The van der Waals surface area contributed by atoms with E-state index in [0.29, 0.717) is 12.1 Å². The van der Waals surface area contributed by atoms with Gasteiger partial charge in [-0.1, -0.05) is 12.1 Å². The smallest absolute Gasteiger partial charge is 0.0991 e. The van der Waals surface area contributed by atoms with Crippen molar-refractivity contribution in [1.82, 2.24) is 14.8 Å². The SMILES string of the molecule is N#Cc1cccc(Cn2nccc2-c2ccncc2)c1. The Morgan fingerprint density at radius 3 is 2.70 bits per heavy atom. The Morgan fingerprint density at radius 2 is 1.90 bits per heavy atom. The largest absolute Gasteiger partial charge is 0.265 e. The predicted molar refractivity (Wildman–Crippen MR) is 75.7 cm³/mol. The summed E-state index contributed by atoms with van der Waals surface area (Å²) in [5.74, 6) is 0. The maximum absolute atomic E-state index is 8.94. The molecule has 0 aliphatic carbocycles. The summed E-state index contributed by atoms with van der Waals surface area (Å²) in [5.41, 5.74) is 3.84.